The quantitative estimate of drug-likeness (QED) is 0.435. The number of hydrogen-bond donors (Lipinski definition) is 0. The van der Waals surface area contributed by atoms with Crippen LogP contribution in [-0.2, 0) is 6.54 Å². The van der Waals surface area contributed by atoms with Crippen molar-refractivity contribution in [3.8, 4) is 0 Å². The number of para-hydroxylation sites is 1. The Hall–Kier alpha value is -3.07. The Bertz CT molecular complexity index is 811. The van der Waals surface area contributed by atoms with Gasteiger partial charge in [-0.05, 0) is 42.3 Å². The summed E-state index contributed by atoms with van der Waals surface area (Å²) in [6.07, 6.45) is 1.92. The number of rotatable bonds is 7. The summed E-state index contributed by atoms with van der Waals surface area (Å²) in [5.41, 5.74) is 4.62. The summed E-state index contributed by atoms with van der Waals surface area (Å²) in [5, 5.41) is 6.78. The summed E-state index contributed by atoms with van der Waals surface area (Å²) in [7, 11) is 2.10. The van der Waals surface area contributed by atoms with E-state index in [-0.39, 0.29) is 0 Å². The first-order valence-electron chi connectivity index (χ1n) is 8.98. The topological polar surface area (TPSA) is 18.8 Å². The van der Waals surface area contributed by atoms with Crippen LogP contribution in [0.4, 0.5) is 11.4 Å². The molecule has 0 N–H and O–H groups in total. The first kappa shape index (κ1) is 17.7. The minimum atomic E-state index is 0.734. The van der Waals surface area contributed by atoms with E-state index in [0.29, 0.717) is 0 Å². The lowest BCUT2D eigenvalue weighted by molar-refractivity contribution is 0.858. The van der Waals surface area contributed by atoms with Crippen LogP contribution in [-0.4, -0.2) is 19.8 Å². The Balaban J connectivity index is 1.80. The second-order valence-electron chi connectivity index (χ2n) is 6.23. The molecule has 0 atom stereocenters. The Labute approximate surface area is 156 Å². The molecule has 3 nitrogen and oxygen atoms in total. The third-order valence-electron chi connectivity index (χ3n) is 4.38. The van der Waals surface area contributed by atoms with Gasteiger partial charge in [0.25, 0.3) is 0 Å². The SMILES string of the molecule is CCN(C)c1ccc(C=NN(Cc2ccccc2)c2ccccc2)cc1. The van der Waals surface area contributed by atoms with Gasteiger partial charge in [-0.2, -0.15) is 5.10 Å². The highest BCUT2D eigenvalue weighted by Crippen LogP contribution is 2.18. The molecule has 0 amide bonds. The van der Waals surface area contributed by atoms with Gasteiger partial charge >= 0.3 is 0 Å². The molecule has 3 aromatic carbocycles. The highest BCUT2D eigenvalue weighted by molar-refractivity contribution is 5.81. The molecule has 0 radical (unpaired) electrons. The molecule has 0 spiro atoms. The van der Waals surface area contributed by atoms with Crippen LogP contribution in [0.2, 0.25) is 0 Å². The highest BCUT2D eigenvalue weighted by Gasteiger charge is 2.05. The van der Waals surface area contributed by atoms with Crippen LogP contribution >= 0.6 is 0 Å². The number of nitrogens with zero attached hydrogens (tertiary/aromatic N) is 3. The van der Waals surface area contributed by atoms with E-state index in [1.807, 2.05) is 35.5 Å². The molecule has 0 heterocycles. The molecule has 3 heteroatoms. The molecular formula is C23H25N3. The summed E-state index contributed by atoms with van der Waals surface area (Å²) in [4.78, 5) is 2.21. The van der Waals surface area contributed by atoms with Gasteiger partial charge in [0.05, 0.1) is 18.4 Å². The van der Waals surface area contributed by atoms with Gasteiger partial charge in [0.2, 0.25) is 0 Å². The maximum Gasteiger partial charge on any atom is 0.0666 e. The fourth-order valence-electron chi connectivity index (χ4n) is 2.69. The highest BCUT2D eigenvalue weighted by atomic mass is 15.4. The van der Waals surface area contributed by atoms with Gasteiger partial charge in [-0.3, -0.25) is 5.01 Å². The molecule has 0 aromatic heterocycles. The Morgan fingerprint density at radius 2 is 1.38 bits per heavy atom. The van der Waals surface area contributed by atoms with Crippen molar-refractivity contribution in [3.05, 3.63) is 96.1 Å². The van der Waals surface area contributed by atoms with E-state index in [9.17, 15) is 0 Å². The minimum Gasteiger partial charge on any atom is -0.375 e. The second kappa shape index (κ2) is 8.86. The largest absolute Gasteiger partial charge is 0.375 e. The summed E-state index contributed by atoms with van der Waals surface area (Å²) in [6, 6.07) is 29.2. The van der Waals surface area contributed by atoms with Crippen molar-refractivity contribution in [2.75, 3.05) is 23.5 Å². The standard InChI is InChI=1S/C23H25N3/c1-3-25(2)22-16-14-20(15-17-22)18-24-26(23-12-8-5-9-13-23)19-21-10-6-4-7-11-21/h4-18H,3,19H2,1-2H3. The fourth-order valence-corrected chi connectivity index (χ4v) is 2.69. The molecule has 0 bridgehead atoms. The molecule has 132 valence electrons. The van der Waals surface area contributed by atoms with Crippen molar-refractivity contribution in [2.45, 2.75) is 13.5 Å². The van der Waals surface area contributed by atoms with Crippen molar-refractivity contribution in [1.82, 2.24) is 0 Å². The number of benzene rings is 3. The molecule has 0 saturated heterocycles. The molecule has 0 fully saturated rings. The zero-order valence-corrected chi connectivity index (χ0v) is 15.4. The van der Waals surface area contributed by atoms with E-state index in [1.54, 1.807) is 0 Å². The summed E-state index contributed by atoms with van der Waals surface area (Å²) >= 11 is 0. The predicted octanol–water partition coefficient (Wildman–Crippen LogP) is 5.18. The minimum absolute atomic E-state index is 0.734. The molecule has 26 heavy (non-hydrogen) atoms. The zero-order chi connectivity index (χ0) is 18.2. The van der Waals surface area contributed by atoms with Gasteiger partial charge in [0.15, 0.2) is 0 Å². The van der Waals surface area contributed by atoms with Crippen LogP contribution < -0.4 is 9.91 Å². The molecule has 3 aromatic rings. The summed E-state index contributed by atoms with van der Waals surface area (Å²) in [5.74, 6) is 0. The van der Waals surface area contributed by atoms with Crippen LogP contribution in [0.5, 0.6) is 0 Å². The summed E-state index contributed by atoms with van der Waals surface area (Å²) in [6.45, 7) is 3.88. The Morgan fingerprint density at radius 1 is 0.769 bits per heavy atom. The molecule has 0 saturated carbocycles. The Morgan fingerprint density at radius 3 is 2.00 bits per heavy atom. The average molecular weight is 343 g/mol. The maximum absolute atomic E-state index is 4.75. The van der Waals surface area contributed by atoms with Gasteiger partial charge in [-0.25, -0.2) is 0 Å². The normalized spacial score (nSPS) is 10.8. The van der Waals surface area contributed by atoms with E-state index >= 15 is 0 Å². The molecule has 0 aliphatic heterocycles. The molecular weight excluding hydrogens is 318 g/mol. The second-order valence-corrected chi connectivity index (χ2v) is 6.23. The molecule has 0 aliphatic rings. The van der Waals surface area contributed by atoms with Crippen molar-refractivity contribution in [2.24, 2.45) is 5.10 Å². The van der Waals surface area contributed by atoms with Gasteiger partial charge < -0.3 is 4.90 Å². The van der Waals surface area contributed by atoms with E-state index in [4.69, 9.17) is 5.10 Å². The first-order chi connectivity index (χ1) is 12.8. The van der Waals surface area contributed by atoms with Crippen LogP contribution in [0.15, 0.2) is 90.0 Å². The molecule has 3 rings (SSSR count). The molecule has 0 aliphatic carbocycles. The van der Waals surface area contributed by atoms with Crippen LogP contribution in [0.3, 0.4) is 0 Å². The number of anilines is 2. The van der Waals surface area contributed by atoms with Crippen LogP contribution in [0, 0.1) is 0 Å². The third kappa shape index (κ3) is 4.73. The monoisotopic (exact) mass is 343 g/mol. The van der Waals surface area contributed by atoms with Crippen LogP contribution in [0.1, 0.15) is 18.1 Å². The van der Waals surface area contributed by atoms with Gasteiger partial charge in [-0.1, -0.05) is 60.7 Å². The predicted molar refractivity (Wildman–Crippen MR) is 112 cm³/mol. The van der Waals surface area contributed by atoms with Gasteiger partial charge in [-0.15, -0.1) is 0 Å². The lowest BCUT2D eigenvalue weighted by Crippen LogP contribution is -2.16. The van der Waals surface area contributed by atoms with Gasteiger partial charge in [0.1, 0.15) is 0 Å². The fraction of sp³-hybridized carbons (Fsp3) is 0.174. The van der Waals surface area contributed by atoms with E-state index in [1.165, 1.54) is 11.3 Å². The van der Waals surface area contributed by atoms with E-state index in [2.05, 4.69) is 79.5 Å². The lowest BCUT2D eigenvalue weighted by atomic mass is 10.2. The van der Waals surface area contributed by atoms with Gasteiger partial charge in [0, 0.05) is 19.3 Å². The van der Waals surface area contributed by atoms with E-state index in [0.717, 1.165) is 24.3 Å². The van der Waals surface area contributed by atoms with Crippen molar-refractivity contribution in [3.63, 3.8) is 0 Å². The van der Waals surface area contributed by atoms with Crippen molar-refractivity contribution >= 4 is 17.6 Å². The van der Waals surface area contributed by atoms with Crippen LogP contribution in [0.25, 0.3) is 0 Å². The Kier molecular flexibility index (Phi) is 6.05. The number of hydrogen-bond acceptors (Lipinski definition) is 3. The summed E-state index contributed by atoms with van der Waals surface area (Å²) < 4.78 is 0. The van der Waals surface area contributed by atoms with E-state index < -0.39 is 0 Å². The molecule has 0 unspecified atom stereocenters. The average Bonchev–Trinajstić information content (AvgIpc) is 2.72. The maximum atomic E-state index is 4.75. The van der Waals surface area contributed by atoms with Crippen molar-refractivity contribution in [1.29, 1.82) is 0 Å². The van der Waals surface area contributed by atoms with Crippen molar-refractivity contribution < 1.29 is 0 Å². The third-order valence-corrected chi connectivity index (χ3v) is 4.38. The zero-order valence-electron chi connectivity index (χ0n) is 15.4. The smallest absolute Gasteiger partial charge is 0.0666 e. The number of hydrazone groups is 1. The first-order valence-corrected chi connectivity index (χ1v) is 8.98. The lowest BCUT2D eigenvalue weighted by Gasteiger charge is -2.19.